The lowest BCUT2D eigenvalue weighted by Gasteiger charge is -2.07. The summed E-state index contributed by atoms with van der Waals surface area (Å²) in [6.07, 6.45) is 0. The molecule has 0 spiro atoms. The predicted octanol–water partition coefficient (Wildman–Crippen LogP) is 4.24. The monoisotopic (exact) mass is 299 g/mol. The number of ether oxygens (including phenoxy) is 1. The summed E-state index contributed by atoms with van der Waals surface area (Å²) < 4.78 is 10.6. The Labute approximate surface area is 126 Å². The van der Waals surface area contributed by atoms with Crippen LogP contribution in [0.25, 0.3) is 10.6 Å². The standard InChI is InChI=1S/C16H13NO3S/c1-10-5-3-6-13(11(10)2)19-16(18)12-9-14(20-17-12)15-7-4-8-21-15/h3-9H,1-2H3. The first-order valence-corrected chi connectivity index (χ1v) is 7.32. The van der Waals surface area contributed by atoms with Crippen LogP contribution in [0.2, 0.25) is 0 Å². The van der Waals surface area contributed by atoms with Crippen LogP contribution in [-0.2, 0) is 0 Å². The predicted molar refractivity (Wildman–Crippen MR) is 80.7 cm³/mol. The number of carbonyl (C=O) groups excluding carboxylic acids is 1. The molecule has 0 amide bonds. The molecule has 2 aromatic heterocycles. The van der Waals surface area contributed by atoms with Gasteiger partial charge in [-0.15, -0.1) is 11.3 Å². The first-order valence-electron chi connectivity index (χ1n) is 6.44. The number of aromatic nitrogens is 1. The number of thiophene rings is 1. The average molecular weight is 299 g/mol. The van der Waals surface area contributed by atoms with Crippen LogP contribution in [0, 0.1) is 13.8 Å². The summed E-state index contributed by atoms with van der Waals surface area (Å²) in [5.41, 5.74) is 2.17. The van der Waals surface area contributed by atoms with Crippen molar-refractivity contribution >= 4 is 17.3 Å². The van der Waals surface area contributed by atoms with Crippen molar-refractivity contribution in [2.24, 2.45) is 0 Å². The van der Waals surface area contributed by atoms with E-state index in [0.29, 0.717) is 11.5 Å². The molecule has 0 aliphatic rings. The van der Waals surface area contributed by atoms with Gasteiger partial charge in [0.05, 0.1) is 4.88 Å². The minimum Gasteiger partial charge on any atom is -0.421 e. The van der Waals surface area contributed by atoms with E-state index in [0.717, 1.165) is 16.0 Å². The summed E-state index contributed by atoms with van der Waals surface area (Å²) in [5, 5.41) is 5.71. The Hall–Kier alpha value is -2.40. The number of benzene rings is 1. The van der Waals surface area contributed by atoms with Crippen molar-refractivity contribution in [1.82, 2.24) is 5.16 Å². The zero-order chi connectivity index (χ0) is 14.8. The quantitative estimate of drug-likeness (QED) is 0.536. The Bertz CT molecular complexity index is 775. The van der Waals surface area contributed by atoms with Gasteiger partial charge < -0.3 is 9.26 Å². The molecule has 0 atom stereocenters. The molecule has 0 aliphatic heterocycles. The number of esters is 1. The maximum atomic E-state index is 12.1. The Kier molecular flexibility index (Phi) is 3.58. The Morgan fingerprint density at radius 3 is 2.86 bits per heavy atom. The van der Waals surface area contributed by atoms with E-state index in [2.05, 4.69) is 5.16 Å². The number of aryl methyl sites for hydroxylation is 1. The summed E-state index contributed by atoms with van der Waals surface area (Å²) in [5.74, 6) is 0.592. The number of carbonyl (C=O) groups is 1. The Morgan fingerprint density at radius 2 is 2.10 bits per heavy atom. The molecule has 3 rings (SSSR count). The average Bonchev–Trinajstić information content (AvgIpc) is 3.13. The molecular weight excluding hydrogens is 286 g/mol. The van der Waals surface area contributed by atoms with E-state index in [1.165, 1.54) is 11.3 Å². The zero-order valence-electron chi connectivity index (χ0n) is 11.6. The molecule has 0 saturated carbocycles. The fraction of sp³-hybridized carbons (Fsp3) is 0.125. The van der Waals surface area contributed by atoms with Gasteiger partial charge in [0.25, 0.3) is 0 Å². The maximum absolute atomic E-state index is 12.1. The second-order valence-corrected chi connectivity index (χ2v) is 5.59. The summed E-state index contributed by atoms with van der Waals surface area (Å²) in [6, 6.07) is 11.0. The van der Waals surface area contributed by atoms with Gasteiger partial charge in [0.2, 0.25) is 0 Å². The molecule has 0 fully saturated rings. The highest BCUT2D eigenvalue weighted by Gasteiger charge is 2.17. The topological polar surface area (TPSA) is 52.3 Å². The molecule has 4 nitrogen and oxygen atoms in total. The van der Waals surface area contributed by atoms with Crippen molar-refractivity contribution in [3.8, 4) is 16.4 Å². The third kappa shape index (κ3) is 2.73. The van der Waals surface area contributed by atoms with Crippen molar-refractivity contribution in [3.63, 3.8) is 0 Å². The molecule has 0 N–H and O–H groups in total. The molecule has 0 aliphatic carbocycles. The van der Waals surface area contributed by atoms with E-state index < -0.39 is 5.97 Å². The molecule has 0 radical (unpaired) electrons. The summed E-state index contributed by atoms with van der Waals surface area (Å²) >= 11 is 1.52. The van der Waals surface area contributed by atoms with E-state index >= 15 is 0 Å². The van der Waals surface area contributed by atoms with Crippen molar-refractivity contribution in [2.45, 2.75) is 13.8 Å². The Morgan fingerprint density at radius 1 is 1.24 bits per heavy atom. The second kappa shape index (κ2) is 5.54. The number of hydrogen-bond donors (Lipinski definition) is 0. The highest BCUT2D eigenvalue weighted by Crippen LogP contribution is 2.26. The molecule has 106 valence electrons. The van der Waals surface area contributed by atoms with Crippen molar-refractivity contribution < 1.29 is 14.1 Å². The smallest absolute Gasteiger partial charge is 0.365 e. The lowest BCUT2D eigenvalue weighted by atomic mass is 10.1. The molecule has 1 aromatic carbocycles. The fourth-order valence-electron chi connectivity index (χ4n) is 1.89. The summed E-state index contributed by atoms with van der Waals surface area (Å²) in [4.78, 5) is 13.0. The Balaban J connectivity index is 1.81. The van der Waals surface area contributed by atoms with Crippen molar-refractivity contribution in [3.05, 3.63) is 58.6 Å². The normalized spacial score (nSPS) is 10.6. The molecule has 2 heterocycles. The second-order valence-electron chi connectivity index (χ2n) is 4.64. The van der Waals surface area contributed by atoms with Gasteiger partial charge in [0.1, 0.15) is 5.75 Å². The van der Waals surface area contributed by atoms with Gasteiger partial charge in [-0.3, -0.25) is 0 Å². The molecule has 0 saturated heterocycles. The highest BCUT2D eigenvalue weighted by atomic mass is 32.1. The van der Waals surface area contributed by atoms with E-state index in [9.17, 15) is 4.79 Å². The zero-order valence-corrected chi connectivity index (χ0v) is 12.4. The summed E-state index contributed by atoms with van der Waals surface area (Å²) in [7, 11) is 0. The number of hydrogen-bond acceptors (Lipinski definition) is 5. The highest BCUT2D eigenvalue weighted by molar-refractivity contribution is 7.13. The first-order chi connectivity index (χ1) is 10.1. The lowest BCUT2D eigenvalue weighted by molar-refractivity contribution is 0.0722. The minimum absolute atomic E-state index is 0.166. The van der Waals surface area contributed by atoms with Crippen LogP contribution in [0.1, 0.15) is 21.6 Å². The number of rotatable bonds is 3. The molecule has 0 bridgehead atoms. The lowest BCUT2D eigenvalue weighted by Crippen LogP contribution is -2.09. The van der Waals surface area contributed by atoms with E-state index in [-0.39, 0.29) is 5.69 Å². The van der Waals surface area contributed by atoms with Crippen LogP contribution in [0.4, 0.5) is 0 Å². The van der Waals surface area contributed by atoms with Crippen molar-refractivity contribution in [1.29, 1.82) is 0 Å². The molecule has 5 heteroatoms. The fourth-order valence-corrected chi connectivity index (χ4v) is 2.57. The third-order valence-electron chi connectivity index (χ3n) is 3.24. The maximum Gasteiger partial charge on any atom is 0.365 e. The largest absolute Gasteiger partial charge is 0.421 e. The van der Waals surface area contributed by atoms with Crippen LogP contribution < -0.4 is 4.74 Å². The van der Waals surface area contributed by atoms with Crippen molar-refractivity contribution in [2.75, 3.05) is 0 Å². The number of nitrogens with zero attached hydrogens (tertiary/aromatic N) is 1. The van der Waals surface area contributed by atoms with Gasteiger partial charge in [0.15, 0.2) is 11.5 Å². The van der Waals surface area contributed by atoms with Gasteiger partial charge in [-0.25, -0.2) is 4.79 Å². The SMILES string of the molecule is Cc1cccc(OC(=O)c2cc(-c3cccs3)on2)c1C. The first kappa shape index (κ1) is 13.6. The van der Waals surface area contributed by atoms with Crippen LogP contribution >= 0.6 is 11.3 Å². The van der Waals surface area contributed by atoms with Gasteiger partial charge >= 0.3 is 5.97 Å². The van der Waals surface area contributed by atoms with Crippen LogP contribution in [0.15, 0.2) is 46.3 Å². The van der Waals surface area contributed by atoms with Gasteiger partial charge in [-0.05, 0) is 42.5 Å². The molecule has 3 aromatic rings. The van der Waals surface area contributed by atoms with E-state index in [1.807, 2.05) is 43.5 Å². The van der Waals surface area contributed by atoms with Gasteiger partial charge in [-0.1, -0.05) is 23.4 Å². The molecule has 21 heavy (non-hydrogen) atoms. The van der Waals surface area contributed by atoms with Crippen LogP contribution in [0.3, 0.4) is 0 Å². The molecular formula is C16H13NO3S. The van der Waals surface area contributed by atoms with Crippen LogP contribution in [0.5, 0.6) is 5.75 Å². The van der Waals surface area contributed by atoms with E-state index in [1.54, 1.807) is 12.1 Å². The summed E-state index contributed by atoms with van der Waals surface area (Å²) in [6.45, 7) is 3.88. The minimum atomic E-state index is -0.518. The molecule has 0 unspecified atom stereocenters. The van der Waals surface area contributed by atoms with Gasteiger partial charge in [0, 0.05) is 6.07 Å². The third-order valence-corrected chi connectivity index (χ3v) is 4.13. The van der Waals surface area contributed by atoms with Crippen LogP contribution in [-0.4, -0.2) is 11.1 Å². The van der Waals surface area contributed by atoms with E-state index in [4.69, 9.17) is 9.26 Å². The van der Waals surface area contributed by atoms with Gasteiger partial charge in [-0.2, -0.15) is 0 Å².